The lowest BCUT2D eigenvalue weighted by molar-refractivity contribution is 0.0439. The molecule has 1 aliphatic carbocycles. The van der Waals surface area contributed by atoms with E-state index >= 15 is 0 Å². The lowest BCUT2D eigenvalue weighted by Crippen LogP contribution is -2.33. The minimum Gasteiger partial charge on any atom is -0.390 e. The lowest BCUT2D eigenvalue weighted by Gasteiger charge is -2.29. The van der Waals surface area contributed by atoms with Gasteiger partial charge in [0.1, 0.15) is 0 Å². The van der Waals surface area contributed by atoms with Crippen molar-refractivity contribution in [2.24, 2.45) is 5.92 Å². The summed E-state index contributed by atoms with van der Waals surface area (Å²) in [5.41, 5.74) is -0.401. The van der Waals surface area contributed by atoms with Crippen molar-refractivity contribution >= 4 is 0 Å². The Morgan fingerprint density at radius 3 is 2.56 bits per heavy atom. The molecule has 0 amide bonds. The summed E-state index contributed by atoms with van der Waals surface area (Å²) in [6.07, 6.45) is 10.3. The lowest BCUT2D eigenvalue weighted by atomic mass is 9.89. The fourth-order valence-electron chi connectivity index (χ4n) is 3.24. The molecule has 94 valence electrons. The highest BCUT2D eigenvalue weighted by Gasteiger charge is 2.26. The van der Waals surface area contributed by atoms with Crippen molar-refractivity contribution in [1.29, 1.82) is 0 Å². The van der Waals surface area contributed by atoms with Crippen molar-refractivity contribution in [2.45, 2.75) is 63.9 Å². The third-order valence-electron chi connectivity index (χ3n) is 4.40. The number of nitrogens with zero attached hydrogens (tertiary/aromatic N) is 1. The molecule has 0 spiro atoms. The molecule has 1 saturated heterocycles. The van der Waals surface area contributed by atoms with Gasteiger partial charge in [-0.05, 0) is 51.5 Å². The van der Waals surface area contributed by atoms with Crippen molar-refractivity contribution < 1.29 is 5.11 Å². The van der Waals surface area contributed by atoms with Crippen LogP contribution in [0.25, 0.3) is 0 Å². The molecule has 2 fully saturated rings. The van der Waals surface area contributed by atoms with Crippen LogP contribution in [-0.2, 0) is 0 Å². The number of hydrogen-bond donors (Lipinski definition) is 1. The molecule has 1 atom stereocenters. The zero-order valence-electron chi connectivity index (χ0n) is 10.7. The van der Waals surface area contributed by atoms with Gasteiger partial charge >= 0.3 is 0 Å². The first-order chi connectivity index (χ1) is 7.66. The Balaban J connectivity index is 1.76. The summed E-state index contributed by atoms with van der Waals surface area (Å²) < 4.78 is 0. The fraction of sp³-hybridized carbons (Fsp3) is 1.00. The van der Waals surface area contributed by atoms with Gasteiger partial charge in [-0.2, -0.15) is 0 Å². The number of aliphatic hydroxyl groups is 1. The summed E-state index contributed by atoms with van der Waals surface area (Å²) in [7, 11) is 0. The molecule has 16 heavy (non-hydrogen) atoms. The number of rotatable bonds is 2. The van der Waals surface area contributed by atoms with Gasteiger partial charge in [-0.3, -0.25) is 0 Å². The Hall–Kier alpha value is -0.0800. The van der Waals surface area contributed by atoms with E-state index in [-0.39, 0.29) is 0 Å². The van der Waals surface area contributed by atoms with Crippen LogP contribution in [0.4, 0.5) is 0 Å². The first kappa shape index (κ1) is 12.4. The molecule has 2 rings (SSSR count). The molecule has 2 aliphatic rings. The van der Waals surface area contributed by atoms with Gasteiger partial charge in [0.05, 0.1) is 5.60 Å². The van der Waals surface area contributed by atoms with E-state index in [9.17, 15) is 5.11 Å². The zero-order chi connectivity index (χ0) is 11.4. The van der Waals surface area contributed by atoms with Gasteiger partial charge < -0.3 is 10.0 Å². The molecule has 0 aromatic rings. The van der Waals surface area contributed by atoms with Crippen LogP contribution in [0.15, 0.2) is 0 Å². The molecule has 1 N–H and O–H groups in total. The van der Waals surface area contributed by atoms with Crippen molar-refractivity contribution in [1.82, 2.24) is 4.90 Å². The maximum Gasteiger partial charge on any atom is 0.0632 e. The third-order valence-corrected chi connectivity index (χ3v) is 4.40. The average Bonchev–Trinajstić information content (AvgIpc) is 2.42. The van der Waals surface area contributed by atoms with Crippen LogP contribution in [0.1, 0.15) is 58.3 Å². The molecule has 1 saturated carbocycles. The van der Waals surface area contributed by atoms with Crippen molar-refractivity contribution in [3.05, 3.63) is 0 Å². The van der Waals surface area contributed by atoms with E-state index in [1.807, 2.05) is 6.92 Å². The normalized spacial score (nSPS) is 34.9. The van der Waals surface area contributed by atoms with Gasteiger partial charge in [-0.15, -0.1) is 0 Å². The van der Waals surface area contributed by atoms with Crippen LogP contribution in [0.2, 0.25) is 0 Å². The van der Waals surface area contributed by atoms with Gasteiger partial charge in [0.2, 0.25) is 0 Å². The number of likely N-dealkylation sites (tertiary alicyclic amines) is 1. The minimum atomic E-state index is -0.401. The van der Waals surface area contributed by atoms with E-state index in [1.165, 1.54) is 51.6 Å². The predicted molar refractivity (Wildman–Crippen MR) is 67.5 cm³/mol. The molecule has 1 aliphatic heterocycles. The van der Waals surface area contributed by atoms with Gasteiger partial charge in [0.15, 0.2) is 0 Å². The number of hydrogen-bond acceptors (Lipinski definition) is 2. The van der Waals surface area contributed by atoms with Crippen LogP contribution < -0.4 is 0 Å². The molecule has 0 aromatic carbocycles. The van der Waals surface area contributed by atoms with Crippen molar-refractivity contribution in [3.8, 4) is 0 Å². The molecule has 1 heterocycles. The third kappa shape index (κ3) is 3.74. The van der Waals surface area contributed by atoms with Crippen molar-refractivity contribution in [2.75, 3.05) is 19.6 Å². The topological polar surface area (TPSA) is 23.5 Å². The smallest absolute Gasteiger partial charge is 0.0632 e. The second kappa shape index (κ2) is 5.50. The Kier molecular flexibility index (Phi) is 4.26. The highest BCUT2D eigenvalue weighted by atomic mass is 16.3. The van der Waals surface area contributed by atoms with Crippen molar-refractivity contribution in [3.63, 3.8) is 0 Å². The molecule has 2 nitrogen and oxygen atoms in total. The molecule has 2 heteroatoms. The summed E-state index contributed by atoms with van der Waals surface area (Å²) >= 11 is 0. The van der Waals surface area contributed by atoms with Crippen LogP contribution in [0.5, 0.6) is 0 Å². The summed E-state index contributed by atoms with van der Waals surface area (Å²) in [6, 6.07) is 0. The van der Waals surface area contributed by atoms with Gasteiger partial charge in [0.25, 0.3) is 0 Å². The SMILES string of the molecule is CC1(O)CCCN(CC2CCCCC2)CC1. The van der Waals surface area contributed by atoms with E-state index in [0.717, 1.165) is 25.3 Å². The van der Waals surface area contributed by atoms with Gasteiger partial charge in [-0.25, -0.2) is 0 Å². The molecule has 0 radical (unpaired) electrons. The molecular weight excluding hydrogens is 198 g/mol. The quantitative estimate of drug-likeness (QED) is 0.781. The first-order valence-electron chi connectivity index (χ1n) is 7.10. The van der Waals surface area contributed by atoms with Gasteiger partial charge in [-0.1, -0.05) is 19.3 Å². The first-order valence-corrected chi connectivity index (χ1v) is 7.10. The average molecular weight is 225 g/mol. The van der Waals surface area contributed by atoms with E-state index in [2.05, 4.69) is 4.90 Å². The van der Waals surface area contributed by atoms with E-state index in [1.54, 1.807) is 0 Å². The minimum absolute atomic E-state index is 0.401. The Bertz CT molecular complexity index is 209. The summed E-state index contributed by atoms with van der Waals surface area (Å²) in [4.78, 5) is 2.59. The Labute approximate surface area is 100 Å². The molecule has 1 unspecified atom stereocenters. The van der Waals surface area contributed by atoms with E-state index in [0.29, 0.717) is 0 Å². The van der Waals surface area contributed by atoms with Crippen LogP contribution in [-0.4, -0.2) is 35.2 Å². The second-order valence-electron chi connectivity index (χ2n) is 6.16. The van der Waals surface area contributed by atoms with Gasteiger partial charge in [0, 0.05) is 13.1 Å². The summed E-state index contributed by atoms with van der Waals surface area (Å²) in [5, 5.41) is 10.1. The molecule has 0 aromatic heterocycles. The zero-order valence-corrected chi connectivity index (χ0v) is 10.7. The second-order valence-corrected chi connectivity index (χ2v) is 6.16. The largest absolute Gasteiger partial charge is 0.390 e. The predicted octanol–water partition coefficient (Wildman–Crippen LogP) is 2.80. The fourth-order valence-corrected chi connectivity index (χ4v) is 3.24. The maximum atomic E-state index is 10.1. The van der Waals surface area contributed by atoms with Crippen LogP contribution in [0.3, 0.4) is 0 Å². The maximum absolute atomic E-state index is 10.1. The Morgan fingerprint density at radius 2 is 1.81 bits per heavy atom. The monoisotopic (exact) mass is 225 g/mol. The molecular formula is C14H27NO. The summed E-state index contributed by atoms with van der Waals surface area (Å²) in [5.74, 6) is 0.941. The highest BCUT2D eigenvalue weighted by molar-refractivity contribution is 4.80. The van der Waals surface area contributed by atoms with Crippen LogP contribution >= 0.6 is 0 Å². The Morgan fingerprint density at radius 1 is 1.06 bits per heavy atom. The standard InChI is InChI=1S/C14H27NO/c1-14(16)8-5-10-15(11-9-14)12-13-6-3-2-4-7-13/h13,16H,2-12H2,1H3. The van der Waals surface area contributed by atoms with E-state index < -0.39 is 5.60 Å². The summed E-state index contributed by atoms with van der Waals surface area (Å²) in [6.45, 7) is 5.59. The highest BCUT2D eigenvalue weighted by Crippen LogP contribution is 2.27. The van der Waals surface area contributed by atoms with E-state index in [4.69, 9.17) is 0 Å². The molecule has 0 bridgehead atoms. The van der Waals surface area contributed by atoms with Crippen LogP contribution in [0, 0.1) is 5.92 Å².